The molecule has 4 heteroatoms. The summed E-state index contributed by atoms with van der Waals surface area (Å²) in [4.78, 5) is 7.62. The smallest absolute Gasteiger partial charge is 0.184 e. The van der Waals surface area contributed by atoms with Gasteiger partial charge in [-0.2, -0.15) is 0 Å². The SMILES string of the molecule is CN(C)c1ncc(CCCN)s1. The second-order valence-electron chi connectivity index (χ2n) is 2.90. The number of aryl methyl sites for hydroxylation is 1. The Kier molecular flexibility index (Phi) is 3.49. The zero-order valence-electron chi connectivity index (χ0n) is 7.58. The molecule has 0 aliphatic rings. The standard InChI is InChI=1S/C8H15N3S/c1-11(2)8-10-6-7(12-8)4-3-5-9/h6H,3-5,9H2,1-2H3. The number of nitrogens with two attached hydrogens (primary N) is 1. The number of anilines is 1. The fraction of sp³-hybridized carbons (Fsp3) is 0.625. The fourth-order valence-corrected chi connectivity index (χ4v) is 1.77. The molecule has 0 saturated carbocycles. The normalized spacial score (nSPS) is 10.2. The van der Waals surface area contributed by atoms with Gasteiger partial charge in [-0.3, -0.25) is 0 Å². The molecule has 0 aliphatic carbocycles. The fourth-order valence-electron chi connectivity index (χ4n) is 0.896. The molecule has 68 valence electrons. The highest BCUT2D eigenvalue weighted by atomic mass is 32.1. The molecule has 0 spiro atoms. The van der Waals surface area contributed by atoms with E-state index in [1.807, 2.05) is 25.2 Å². The van der Waals surface area contributed by atoms with E-state index in [1.54, 1.807) is 11.3 Å². The first-order valence-corrected chi connectivity index (χ1v) is 4.88. The second kappa shape index (κ2) is 4.42. The molecule has 1 rings (SSSR count). The van der Waals surface area contributed by atoms with Crippen molar-refractivity contribution in [1.29, 1.82) is 0 Å². The maximum Gasteiger partial charge on any atom is 0.184 e. The van der Waals surface area contributed by atoms with E-state index in [1.165, 1.54) is 4.88 Å². The van der Waals surface area contributed by atoms with Crippen LogP contribution in [-0.2, 0) is 6.42 Å². The highest BCUT2D eigenvalue weighted by molar-refractivity contribution is 7.15. The molecule has 0 aliphatic heterocycles. The summed E-state index contributed by atoms with van der Waals surface area (Å²) in [5.41, 5.74) is 5.42. The van der Waals surface area contributed by atoms with Crippen molar-refractivity contribution in [2.45, 2.75) is 12.8 Å². The van der Waals surface area contributed by atoms with Crippen LogP contribution in [-0.4, -0.2) is 25.6 Å². The molecule has 0 bridgehead atoms. The van der Waals surface area contributed by atoms with Crippen molar-refractivity contribution in [3.05, 3.63) is 11.1 Å². The molecule has 0 atom stereocenters. The Labute approximate surface area is 77.2 Å². The molecule has 0 aromatic carbocycles. The summed E-state index contributed by atoms with van der Waals surface area (Å²) in [6.07, 6.45) is 4.05. The molecule has 1 aromatic rings. The van der Waals surface area contributed by atoms with E-state index >= 15 is 0 Å². The maximum absolute atomic E-state index is 5.42. The quantitative estimate of drug-likeness (QED) is 0.764. The average molecular weight is 185 g/mol. The summed E-state index contributed by atoms with van der Waals surface area (Å²) >= 11 is 1.74. The lowest BCUT2D eigenvalue weighted by atomic mass is 10.3. The van der Waals surface area contributed by atoms with Crippen LogP contribution in [0.3, 0.4) is 0 Å². The molecule has 0 amide bonds. The first-order chi connectivity index (χ1) is 5.74. The van der Waals surface area contributed by atoms with Crippen LogP contribution in [0.1, 0.15) is 11.3 Å². The van der Waals surface area contributed by atoms with Crippen molar-refractivity contribution >= 4 is 16.5 Å². The lowest BCUT2D eigenvalue weighted by Gasteiger charge is -2.05. The van der Waals surface area contributed by atoms with Gasteiger partial charge in [-0.1, -0.05) is 0 Å². The third kappa shape index (κ3) is 2.46. The molecular formula is C8H15N3S. The Morgan fingerprint density at radius 1 is 1.58 bits per heavy atom. The molecule has 2 N–H and O–H groups in total. The lowest BCUT2D eigenvalue weighted by Crippen LogP contribution is -2.07. The Morgan fingerprint density at radius 2 is 2.33 bits per heavy atom. The van der Waals surface area contributed by atoms with Gasteiger partial charge in [-0.15, -0.1) is 11.3 Å². The van der Waals surface area contributed by atoms with Crippen molar-refractivity contribution in [2.75, 3.05) is 25.5 Å². The number of thiazole rings is 1. The predicted molar refractivity (Wildman–Crippen MR) is 53.8 cm³/mol. The van der Waals surface area contributed by atoms with Gasteiger partial charge in [0, 0.05) is 25.2 Å². The van der Waals surface area contributed by atoms with Crippen LogP contribution >= 0.6 is 11.3 Å². The van der Waals surface area contributed by atoms with Gasteiger partial charge in [0.15, 0.2) is 5.13 Å². The van der Waals surface area contributed by atoms with E-state index < -0.39 is 0 Å². The van der Waals surface area contributed by atoms with Gasteiger partial charge >= 0.3 is 0 Å². The first-order valence-electron chi connectivity index (χ1n) is 4.06. The number of nitrogens with zero attached hydrogens (tertiary/aromatic N) is 2. The van der Waals surface area contributed by atoms with E-state index in [-0.39, 0.29) is 0 Å². The summed E-state index contributed by atoms with van der Waals surface area (Å²) in [7, 11) is 4.01. The average Bonchev–Trinajstić information content (AvgIpc) is 2.48. The summed E-state index contributed by atoms with van der Waals surface area (Å²) in [5.74, 6) is 0. The molecule has 12 heavy (non-hydrogen) atoms. The van der Waals surface area contributed by atoms with E-state index in [0.29, 0.717) is 0 Å². The third-order valence-electron chi connectivity index (χ3n) is 1.55. The Balaban J connectivity index is 2.52. The van der Waals surface area contributed by atoms with Crippen molar-refractivity contribution in [3.8, 4) is 0 Å². The minimum Gasteiger partial charge on any atom is -0.354 e. The lowest BCUT2D eigenvalue weighted by molar-refractivity contribution is 0.841. The number of aromatic nitrogens is 1. The van der Waals surface area contributed by atoms with Crippen LogP contribution in [0.5, 0.6) is 0 Å². The number of hydrogen-bond acceptors (Lipinski definition) is 4. The first kappa shape index (κ1) is 9.48. The second-order valence-corrected chi connectivity index (χ2v) is 3.99. The van der Waals surface area contributed by atoms with Crippen LogP contribution in [0, 0.1) is 0 Å². The molecule has 1 aromatic heterocycles. The topological polar surface area (TPSA) is 42.2 Å². The summed E-state index contributed by atoms with van der Waals surface area (Å²) < 4.78 is 0. The summed E-state index contributed by atoms with van der Waals surface area (Å²) in [6.45, 7) is 0.759. The van der Waals surface area contributed by atoms with Crippen LogP contribution < -0.4 is 10.6 Å². The highest BCUT2D eigenvalue weighted by Crippen LogP contribution is 2.20. The van der Waals surface area contributed by atoms with Gasteiger partial charge in [-0.25, -0.2) is 4.98 Å². The third-order valence-corrected chi connectivity index (χ3v) is 2.78. The van der Waals surface area contributed by atoms with Crippen molar-refractivity contribution < 1.29 is 0 Å². The zero-order chi connectivity index (χ0) is 8.97. The van der Waals surface area contributed by atoms with Gasteiger partial charge in [0.2, 0.25) is 0 Å². The Morgan fingerprint density at radius 3 is 2.83 bits per heavy atom. The molecule has 0 saturated heterocycles. The van der Waals surface area contributed by atoms with Gasteiger partial charge in [0.1, 0.15) is 0 Å². The van der Waals surface area contributed by atoms with Gasteiger partial charge in [-0.05, 0) is 19.4 Å². The van der Waals surface area contributed by atoms with Gasteiger partial charge < -0.3 is 10.6 Å². The molecule has 0 radical (unpaired) electrons. The van der Waals surface area contributed by atoms with Crippen molar-refractivity contribution in [3.63, 3.8) is 0 Å². The van der Waals surface area contributed by atoms with Crippen LogP contribution in [0.4, 0.5) is 5.13 Å². The molecule has 1 heterocycles. The molecule has 0 unspecified atom stereocenters. The van der Waals surface area contributed by atoms with Crippen LogP contribution in [0.25, 0.3) is 0 Å². The van der Waals surface area contributed by atoms with Crippen molar-refractivity contribution in [1.82, 2.24) is 4.98 Å². The van der Waals surface area contributed by atoms with E-state index in [4.69, 9.17) is 5.73 Å². The van der Waals surface area contributed by atoms with Gasteiger partial charge in [0.05, 0.1) is 0 Å². The molecule has 3 nitrogen and oxygen atoms in total. The Hall–Kier alpha value is -0.610. The summed E-state index contributed by atoms with van der Waals surface area (Å²) in [5, 5.41) is 1.07. The summed E-state index contributed by atoms with van der Waals surface area (Å²) in [6, 6.07) is 0. The molecular weight excluding hydrogens is 170 g/mol. The van der Waals surface area contributed by atoms with E-state index in [9.17, 15) is 0 Å². The largest absolute Gasteiger partial charge is 0.354 e. The number of rotatable bonds is 4. The minimum atomic E-state index is 0.759. The van der Waals surface area contributed by atoms with Crippen LogP contribution in [0.15, 0.2) is 6.20 Å². The number of hydrogen-bond donors (Lipinski definition) is 1. The predicted octanol–water partition coefficient (Wildman–Crippen LogP) is 1.10. The monoisotopic (exact) mass is 185 g/mol. The van der Waals surface area contributed by atoms with E-state index in [0.717, 1.165) is 24.5 Å². The molecule has 0 fully saturated rings. The van der Waals surface area contributed by atoms with E-state index in [2.05, 4.69) is 4.98 Å². The van der Waals surface area contributed by atoms with Crippen molar-refractivity contribution in [2.24, 2.45) is 5.73 Å². The zero-order valence-corrected chi connectivity index (χ0v) is 8.40. The maximum atomic E-state index is 5.42. The highest BCUT2D eigenvalue weighted by Gasteiger charge is 2.01. The Bertz CT molecular complexity index is 232. The van der Waals surface area contributed by atoms with Crippen LogP contribution in [0.2, 0.25) is 0 Å². The van der Waals surface area contributed by atoms with Gasteiger partial charge in [0.25, 0.3) is 0 Å². The minimum absolute atomic E-state index is 0.759.